The Morgan fingerprint density at radius 2 is 1.78 bits per heavy atom. The molecular weight excluding hydrogens is 260 g/mol. The summed E-state index contributed by atoms with van der Waals surface area (Å²) in [5.74, 6) is -2.07. The molecule has 0 atom stereocenters. The number of hydrogen-bond donors (Lipinski definition) is 0. The van der Waals surface area contributed by atoms with Crippen molar-refractivity contribution in [1.29, 1.82) is 0 Å². The van der Waals surface area contributed by atoms with E-state index in [1.807, 2.05) is 0 Å². The van der Waals surface area contributed by atoms with Crippen molar-refractivity contribution in [2.75, 3.05) is 12.5 Å². The van der Waals surface area contributed by atoms with Crippen LogP contribution in [0.1, 0.15) is 11.1 Å². The number of hydrogen-bond acceptors (Lipinski definition) is 2. The summed E-state index contributed by atoms with van der Waals surface area (Å²) in [5.41, 5.74) is 0.131. The molecule has 0 heterocycles. The highest BCUT2D eigenvalue weighted by molar-refractivity contribution is 7.92. The molecule has 3 nitrogen and oxygen atoms in total. The minimum atomic E-state index is -2.52. The quantitative estimate of drug-likeness (QED) is 0.777. The maximum atomic E-state index is 13.2. The molecule has 0 fully saturated rings. The van der Waals surface area contributed by atoms with Crippen LogP contribution in [-0.4, -0.2) is 22.6 Å². The Morgan fingerprint density at radius 3 is 2.22 bits per heavy atom. The van der Waals surface area contributed by atoms with Gasteiger partial charge in [0.05, 0.1) is 0 Å². The normalized spacial score (nSPS) is 11.8. The third-order valence-corrected chi connectivity index (χ3v) is 2.65. The Morgan fingerprint density at radius 1 is 1.28 bits per heavy atom. The topological polar surface area (TPSA) is 46.5 Å². The Balaban J connectivity index is 3.00. The highest BCUT2D eigenvalue weighted by Crippen LogP contribution is 2.15. The lowest BCUT2D eigenvalue weighted by molar-refractivity contribution is -0.113. The number of carbonyl (C=O) groups is 1. The van der Waals surface area contributed by atoms with Crippen molar-refractivity contribution in [3.05, 3.63) is 41.0 Å². The maximum absolute atomic E-state index is 13.2. The van der Waals surface area contributed by atoms with Crippen molar-refractivity contribution in [2.24, 2.45) is 4.36 Å². The summed E-state index contributed by atoms with van der Waals surface area (Å²) in [7, 11) is -2.52. The van der Waals surface area contributed by atoms with E-state index in [4.69, 9.17) is 0 Å². The largest absolute Gasteiger partial charge is 0.277 e. The minimum Gasteiger partial charge on any atom is -0.267 e. The van der Waals surface area contributed by atoms with Crippen molar-refractivity contribution in [3.63, 3.8) is 0 Å². The summed E-state index contributed by atoms with van der Waals surface area (Å²) >= 11 is 0. The predicted octanol–water partition coefficient (Wildman–Crippen LogP) is 2.54. The van der Waals surface area contributed by atoms with Crippen LogP contribution in [0.2, 0.25) is 0 Å². The molecule has 6 heteroatoms. The molecule has 1 aromatic carbocycles. The molecule has 0 spiro atoms. The summed E-state index contributed by atoms with van der Waals surface area (Å²) in [4.78, 5) is 11.2. The summed E-state index contributed by atoms with van der Waals surface area (Å²) in [6.07, 6.45) is 4.90. The zero-order chi connectivity index (χ0) is 13.9. The second kappa shape index (κ2) is 5.39. The monoisotopic (exact) mass is 273 g/mol. The van der Waals surface area contributed by atoms with Crippen molar-refractivity contribution in [1.82, 2.24) is 0 Å². The summed E-state index contributed by atoms with van der Waals surface area (Å²) in [5, 5.41) is 0. The van der Waals surface area contributed by atoms with Crippen LogP contribution in [0.5, 0.6) is 0 Å². The Hall–Kier alpha value is -1.56. The van der Waals surface area contributed by atoms with E-state index in [0.29, 0.717) is 0 Å². The smallest absolute Gasteiger partial charge is 0.267 e. The lowest BCUT2D eigenvalue weighted by Gasteiger charge is -2.00. The van der Waals surface area contributed by atoms with Gasteiger partial charge in [-0.1, -0.05) is 0 Å². The Kier molecular flexibility index (Phi) is 4.34. The van der Waals surface area contributed by atoms with E-state index in [-0.39, 0.29) is 11.1 Å². The SMILES string of the molecule is Cc1c(F)cc(/C=C/C(=O)N=S(C)(C)=O)cc1F. The third-order valence-electron chi connectivity index (χ3n) is 2.03. The molecule has 0 saturated carbocycles. The third kappa shape index (κ3) is 4.37. The van der Waals surface area contributed by atoms with Crippen molar-refractivity contribution in [2.45, 2.75) is 6.92 Å². The molecule has 98 valence electrons. The van der Waals surface area contributed by atoms with Crippen LogP contribution >= 0.6 is 0 Å². The lowest BCUT2D eigenvalue weighted by Crippen LogP contribution is -1.97. The highest BCUT2D eigenvalue weighted by atomic mass is 32.2. The van der Waals surface area contributed by atoms with Crippen molar-refractivity contribution < 1.29 is 17.8 Å². The summed E-state index contributed by atoms with van der Waals surface area (Å²) < 4.78 is 41.0. The van der Waals surface area contributed by atoms with Gasteiger partial charge in [-0.2, -0.15) is 4.36 Å². The number of amides is 1. The molecule has 18 heavy (non-hydrogen) atoms. The standard InChI is InChI=1S/C12H13F2NO2S/c1-8-10(13)6-9(7-11(8)14)4-5-12(16)15-18(2,3)17/h4-7H,1-3H3/b5-4+. The number of nitrogens with zero attached hydrogens (tertiary/aromatic N) is 1. The van der Waals surface area contributed by atoms with Crippen LogP contribution < -0.4 is 0 Å². The molecule has 0 saturated heterocycles. The van der Waals surface area contributed by atoms with Crippen molar-refractivity contribution >= 4 is 21.7 Å². The van der Waals surface area contributed by atoms with Crippen LogP contribution in [0.25, 0.3) is 6.08 Å². The van der Waals surface area contributed by atoms with Gasteiger partial charge in [-0.25, -0.2) is 13.0 Å². The number of halogens is 2. The van der Waals surface area contributed by atoms with Crippen LogP contribution in [0.15, 0.2) is 22.6 Å². The van der Waals surface area contributed by atoms with Gasteiger partial charge in [0.1, 0.15) is 11.6 Å². The summed E-state index contributed by atoms with van der Waals surface area (Å²) in [6, 6.07) is 2.22. The maximum Gasteiger partial charge on any atom is 0.277 e. The molecule has 0 aromatic heterocycles. The van der Waals surface area contributed by atoms with E-state index >= 15 is 0 Å². The average molecular weight is 273 g/mol. The molecule has 1 aromatic rings. The van der Waals surface area contributed by atoms with E-state index in [2.05, 4.69) is 4.36 Å². The zero-order valence-electron chi connectivity index (χ0n) is 10.2. The minimum absolute atomic E-state index is 0.0756. The van der Waals surface area contributed by atoms with Crippen LogP contribution in [-0.2, 0) is 14.5 Å². The van der Waals surface area contributed by atoms with Gasteiger partial charge in [0.2, 0.25) is 0 Å². The second-order valence-electron chi connectivity index (χ2n) is 4.05. The number of benzene rings is 1. The molecular formula is C12H13F2NO2S. The van der Waals surface area contributed by atoms with Crippen LogP contribution in [0.4, 0.5) is 8.78 Å². The van der Waals surface area contributed by atoms with Gasteiger partial charge in [0.25, 0.3) is 5.91 Å². The molecule has 0 bridgehead atoms. The molecule has 0 aliphatic rings. The van der Waals surface area contributed by atoms with Gasteiger partial charge >= 0.3 is 0 Å². The fraction of sp³-hybridized carbons (Fsp3) is 0.250. The first-order valence-electron chi connectivity index (χ1n) is 5.04. The molecule has 1 rings (SSSR count). The zero-order valence-corrected chi connectivity index (χ0v) is 11.1. The van der Waals surface area contributed by atoms with Gasteiger partial charge < -0.3 is 0 Å². The number of rotatable bonds is 2. The van der Waals surface area contributed by atoms with E-state index in [9.17, 15) is 17.8 Å². The van der Waals surface area contributed by atoms with Crippen molar-refractivity contribution in [3.8, 4) is 0 Å². The molecule has 1 amide bonds. The van der Waals surface area contributed by atoms with E-state index in [1.165, 1.54) is 25.5 Å². The molecule has 0 aliphatic heterocycles. The van der Waals surface area contributed by atoms with Gasteiger partial charge in [0, 0.05) is 33.9 Å². The van der Waals surface area contributed by atoms with Gasteiger partial charge in [-0.3, -0.25) is 4.79 Å². The average Bonchev–Trinajstić information content (AvgIpc) is 2.20. The first-order chi connectivity index (χ1) is 8.19. The number of carbonyl (C=O) groups excluding carboxylic acids is 1. The molecule has 0 radical (unpaired) electrons. The molecule has 0 N–H and O–H groups in total. The fourth-order valence-corrected chi connectivity index (χ4v) is 1.67. The molecule has 0 unspecified atom stereocenters. The Labute approximate surface area is 105 Å². The van der Waals surface area contributed by atoms with Gasteiger partial charge in [-0.15, -0.1) is 0 Å². The second-order valence-corrected chi connectivity index (χ2v) is 6.60. The van der Waals surface area contributed by atoms with E-state index < -0.39 is 27.3 Å². The first kappa shape index (κ1) is 14.5. The first-order valence-corrected chi connectivity index (χ1v) is 7.37. The van der Waals surface area contributed by atoms with E-state index in [1.54, 1.807) is 0 Å². The fourth-order valence-electron chi connectivity index (χ4n) is 1.18. The van der Waals surface area contributed by atoms with Crippen LogP contribution in [0, 0.1) is 18.6 Å². The molecule has 0 aliphatic carbocycles. The Bertz CT molecular complexity index is 598. The lowest BCUT2D eigenvalue weighted by atomic mass is 10.1. The van der Waals surface area contributed by atoms with E-state index in [0.717, 1.165) is 18.2 Å². The van der Waals surface area contributed by atoms with Gasteiger partial charge in [0.15, 0.2) is 0 Å². The highest BCUT2D eigenvalue weighted by Gasteiger charge is 2.05. The van der Waals surface area contributed by atoms with Crippen LogP contribution in [0.3, 0.4) is 0 Å². The van der Waals surface area contributed by atoms with Gasteiger partial charge in [-0.05, 0) is 30.7 Å². The summed E-state index contributed by atoms with van der Waals surface area (Å²) in [6.45, 7) is 1.32. The predicted molar refractivity (Wildman–Crippen MR) is 67.6 cm³/mol.